The van der Waals surface area contributed by atoms with Crippen molar-refractivity contribution in [3.05, 3.63) is 0 Å². The molecule has 3 nitrogen and oxygen atoms in total. The summed E-state index contributed by atoms with van der Waals surface area (Å²) < 4.78 is 0. The highest BCUT2D eigenvalue weighted by Gasteiger charge is 2.21. The van der Waals surface area contributed by atoms with Crippen molar-refractivity contribution in [1.82, 2.24) is 9.80 Å². The van der Waals surface area contributed by atoms with Gasteiger partial charge < -0.3 is 9.80 Å². The fourth-order valence-corrected chi connectivity index (χ4v) is 1.98. The minimum Gasteiger partial charge on any atom is -0.362 e. The topological polar surface area (TPSA) is 30.3 Å². The molecule has 1 fully saturated rings. The lowest BCUT2D eigenvalue weighted by Gasteiger charge is -2.30. The first-order chi connectivity index (χ1) is 6.91. The predicted octanol–water partition coefficient (Wildman–Crippen LogP) is 2.04. The van der Waals surface area contributed by atoms with E-state index < -0.39 is 0 Å². The molecule has 0 unspecified atom stereocenters. The van der Waals surface area contributed by atoms with Gasteiger partial charge in [-0.2, -0.15) is 0 Å². The Bertz CT molecular complexity index is 211. The minimum absolute atomic E-state index is 0.0280. The Morgan fingerprint density at radius 1 is 1.27 bits per heavy atom. The lowest BCUT2D eigenvalue weighted by molar-refractivity contribution is 0.297. The van der Waals surface area contributed by atoms with Crippen LogP contribution in [0.25, 0.3) is 0 Å². The van der Waals surface area contributed by atoms with E-state index in [9.17, 15) is 0 Å². The van der Waals surface area contributed by atoms with Gasteiger partial charge in [0.25, 0.3) is 0 Å². The Morgan fingerprint density at radius 3 is 2.27 bits per heavy atom. The average molecular weight is 211 g/mol. The first-order valence-corrected chi connectivity index (χ1v) is 5.94. The summed E-state index contributed by atoms with van der Waals surface area (Å²) >= 11 is 0. The zero-order valence-corrected chi connectivity index (χ0v) is 10.6. The lowest BCUT2D eigenvalue weighted by Crippen LogP contribution is -2.40. The molecule has 15 heavy (non-hydrogen) atoms. The predicted molar refractivity (Wildman–Crippen MR) is 65.5 cm³/mol. The number of likely N-dealkylation sites (tertiary alicyclic amines) is 1. The number of hydrogen-bond donors (Lipinski definition) is 1. The number of hydrogen-bond acceptors (Lipinski definition) is 2. The minimum atomic E-state index is -0.0280. The number of nitrogens with one attached hydrogen (secondary N) is 1. The summed E-state index contributed by atoms with van der Waals surface area (Å²) in [5, 5.41) is 8.03. The highest BCUT2D eigenvalue weighted by molar-refractivity contribution is 5.83. The molecule has 88 valence electrons. The average Bonchev–Trinajstić information content (AvgIpc) is 2.63. The molecule has 1 saturated heterocycles. The molecule has 3 heteroatoms. The Morgan fingerprint density at radius 2 is 1.80 bits per heavy atom. The molecule has 0 aromatic rings. The van der Waals surface area contributed by atoms with Gasteiger partial charge in [-0.05, 0) is 25.9 Å². The smallest absolute Gasteiger partial charge is 0.101 e. The summed E-state index contributed by atoms with van der Waals surface area (Å²) in [6, 6.07) is 0. The van der Waals surface area contributed by atoms with Gasteiger partial charge in [0.05, 0.1) is 0 Å². The standard InChI is InChI=1S/C12H25N3/c1-12(2,3)11(13)14(4)9-10-15-7-5-6-8-15/h13H,5-10H2,1-4H3. The summed E-state index contributed by atoms with van der Waals surface area (Å²) in [5.41, 5.74) is -0.0280. The van der Waals surface area contributed by atoms with Crippen LogP contribution in [0.5, 0.6) is 0 Å². The van der Waals surface area contributed by atoms with Crippen molar-refractivity contribution in [2.45, 2.75) is 33.6 Å². The molecule has 1 rings (SSSR count). The van der Waals surface area contributed by atoms with Gasteiger partial charge in [-0.1, -0.05) is 20.8 Å². The van der Waals surface area contributed by atoms with Gasteiger partial charge in [0.2, 0.25) is 0 Å². The number of likely N-dealkylation sites (N-methyl/N-ethyl adjacent to an activating group) is 1. The number of amidine groups is 1. The summed E-state index contributed by atoms with van der Waals surface area (Å²) in [5.74, 6) is 0.738. The highest BCUT2D eigenvalue weighted by atomic mass is 15.2. The third-order valence-electron chi connectivity index (χ3n) is 3.04. The van der Waals surface area contributed by atoms with Gasteiger partial charge in [0.15, 0.2) is 0 Å². The molecule has 0 amide bonds. The van der Waals surface area contributed by atoms with Crippen molar-refractivity contribution in [2.24, 2.45) is 5.41 Å². The Kier molecular flexibility index (Phi) is 4.14. The van der Waals surface area contributed by atoms with E-state index in [4.69, 9.17) is 5.41 Å². The molecule has 0 radical (unpaired) electrons. The maximum Gasteiger partial charge on any atom is 0.101 e. The van der Waals surface area contributed by atoms with E-state index in [0.29, 0.717) is 0 Å². The second-order valence-electron chi connectivity index (χ2n) is 5.57. The van der Waals surface area contributed by atoms with E-state index >= 15 is 0 Å². The van der Waals surface area contributed by atoms with Crippen LogP contribution in [0, 0.1) is 10.8 Å². The Hall–Kier alpha value is -0.570. The largest absolute Gasteiger partial charge is 0.362 e. The summed E-state index contributed by atoms with van der Waals surface area (Å²) in [6.07, 6.45) is 2.70. The normalized spacial score (nSPS) is 18.1. The molecule has 1 heterocycles. The zero-order valence-electron chi connectivity index (χ0n) is 10.6. The first-order valence-electron chi connectivity index (χ1n) is 5.94. The van der Waals surface area contributed by atoms with E-state index in [2.05, 4.69) is 30.6 Å². The maximum atomic E-state index is 8.03. The van der Waals surface area contributed by atoms with E-state index in [1.54, 1.807) is 0 Å². The van der Waals surface area contributed by atoms with Gasteiger partial charge in [-0.25, -0.2) is 0 Å². The zero-order chi connectivity index (χ0) is 11.5. The van der Waals surface area contributed by atoms with Crippen LogP contribution in [-0.4, -0.2) is 48.9 Å². The summed E-state index contributed by atoms with van der Waals surface area (Å²) in [7, 11) is 2.03. The van der Waals surface area contributed by atoms with Crippen LogP contribution < -0.4 is 0 Å². The molecule has 0 aromatic heterocycles. The van der Waals surface area contributed by atoms with Gasteiger partial charge >= 0.3 is 0 Å². The monoisotopic (exact) mass is 211 g/mol. The SMILES string of the molecule is CN(CCN1CCCC1)C(=N)C(C)(C)C. The fourth-order valence-electron chi connectivity index (χ4n) is 1.98. The van der Waals surface area contributed by atoms with Crippen molar-refractivity contribution in [3.63, 3.8) is 0 Å². The number of rotatable bonds is 3. The van der Waals surface area contributed by atoms with Crippen molar-refractivity contribution < 1.29 is 0 Å². The van der Waals surface area contributed by atoms with Gasteiger partial charge in [0.1, 0.15) is 5.84 Å². The van der Waals surface area contributed by atoms with Gasteiger partial charge in [-0.15, -0.1) is 0 Å². The third kappa shape index (κ3) is 3.82. The molecule has 0 saturated carbocycles. The van der Waals surface area contributed by atoms with Crippen LogP contribution >= 0.6 is 0 Å². The van der Waals surface area contributed by atoms with E-state index in [1.165, 1.54) is 25.9 Å². The molecule has 1 aliphatic rings. The molecule has 1 N–H and O–H groups in total. The molecule has 0 spiro atoms. The van der Waals surface area contributed by atoms with Crippen LogP contribution in [0.3, 0.4) is 0 Å². The molecular formula is C12H25N3. The quantitative estimate of drug-likeness (QED) is 0.572. The van der Waals surface area contributed by atoms with Crippen LogP contribution in [0.15, 0.2) is 0 Å². The van der Waals surface area contributed by atoms with Gasteiger partial charge in [-0.3, -0.25) is 5.41 Å². The molecular weight excluding hydrogens is 186 g/mol. The Balaban J connectivity index is 2.28. The highest BCUT2D eigenvalue weighted by Crippen LogP contribution is 2.16. The van der Waals surface area contributed by atoms with Gasteiger partial charge in [0, 0.05) is 25.6 Å². The van der Waals surface area contributed by atoms with Crippen LogP contribution in [0.2, 0.25) is 0 Å². The second kappa shape index (κ2) is 4.97. The van der Waals surface area contributed by atoms with Crippen molar-refractivity contribution in [1.29, 1.82) is 5.41 Å². The van der Waals surface area contributed by atoms with Crippen molar-refractivity contribution in [2.75, 3.05) is 33.2 Å². The fraction of sp³-hybridized carbons (Fsp3) is 0.917. The molecule has 0 bridgehead atoms. The van der Waals surface area contributed by atoms with E-state index in [1.807, 2.05) is 7.05 Å². The molecule has 0 aliphatic carbocycles. The third-order valence-corrected chi connectivity index (χ3v) is 3.04. The summed E-state index contributed by atoms with van der Waals surface area (Å²) in [6.45, 7) is 10.9. The molecule has 1 aliphatic heterocycles. The van der Waals surface area contributed by atoms with E-state index in [-0.39, 0.29) is 5.41 Å². The molecule has 0 atom stereocenters. The Labute approximate surface area is 94.0 Å². The lowest BCUT2D eigenvalue weighted by atomic mass is 9.94. The van der Waals surface area contributed by atoms with Crippen LogP contribution in [0.4, 0.5) is 0 Å². The van der Waals surface area contributed by atoms with E-state index in [0.717, 1.165) is 18.9 Å². The van der Waals surface area contributed by atoms with Crippen LogP contribution in [0.1, 0.15) is 33.6 Å². The maximum absolute atomic E-state index is 8.03. The number of nitrogens with zero attached hydrogens (tertiary/aromatic N) is 2. The first kappa shape index (κ1) is 12.5. The second-order valence-corrected chi connectivity index (χ2v) is 5.57. The van der Waals surface area contributed by atoms with Crippen molar-refractivity contribution >= 4 is 5.84 Å². The molecule has 0 aromatic carbocycles. The van der Waals surface area contributed by atoms with Crippen LogP contribution in [-0.2, 0) is 0 Å². The summed E-state index contributed by atoms with van der Waals surface area (Å²) in [4.78, 5) is 4.57. The van der Waals surface area contributed by atoms with Crippen molar-refractivity contribution in [3.8, 4) is 0 Å².